The highest BCUT2D eigenvalue weighted by Crippen LogP contribution is 2.46. The smallest absolute Gasteiger partial charge is 0.127 e. The first-order valence-corrected chi connectivity index (χ1v) is 9.37. The molecule has 0 saturated carbocycles. The highest BCUT2D eigenvalue weighted by atomic mass is 32.2. The topological polar surface area (TPSA) is 46.5 Å². The fraction of sp³-hybridized carbons (Fsp3) is 0.368. The predicted molar refractivity (Wildman–Crippen MR) is 91.0 cm³/mol. The van der Waals surface area contributed by atoms with Crippen molar-refractivity contribution < 1.29 is 14.1 Å². The van der Waals surface area contributed by atoms with Crippen LogP contribution in [0.15, 0.2) is 54.6 Å². The minimum atomic E-state index is -0.842. The fourth-order valence-corrected chi connectivity index (χ4v) is 5.94. The molecule has 1 N–H and O–H groups in total. The minimum Gasteiger partial charge on any atom is -0.457 e. The van der Waals surface area contributed by atoms with E-state index in [1.807, 2.05) is 54.6 Å². The Morgan fingerprint density at radius 1 is 0.913 bits per heavy atom. The number of hydrogen-bond acceptors (Lipinski definition) is 3. The van der Waals surface area contributed by atoms with Crippen LogP contribution >= 0.6 is 0 Å². The molecule has 2 fully saturated rings. The molecule has 2 unspecified atom stereocenters. The predicted octanol–water partition coefficient (Wildman–Crippen LogP) is 3.74. The third-order valence-electron chi connectivity index (χ3n) is 4.97. The molecule has 3 nitrogen and oxygen atoms in total. The Morgan fingerprint density at radius 2 is 1.48 bits per heavy atom. The molecule has 0 aromatic heterocycles. The van der Waals surface area contributed by atoms with Crippen LogP contribution in [-0.4, -0.2) is 19.8 Å². The van der Waals surface area contributed by atoms with Crippen LogP contribution in [0.25, 0.3) is 0 Å². The Bertz CT molecular complexity index is 695. The summed E-state index contributed by atoms with van der Waals surface area (Å²) in [6.07, 6.45) is 3.17. The van der Waals surface area contributed by atoms with Gasteiger partial charge in [0.25, 0.3) is 0 Å². The lowest BCUT2D eigenvalue weighted by atomic mass is 9.86. The summed E-state index contributed by atoms with van der Waals surface area (Å²) >= 11 is 0. The van der Waals surface area contributed by atoms with Crippen molar-refractivity contribution in [2.75, 3.05) is 0 Å². The summed E-state index contributed by atoms with van der Waals surface area (Å²) in [6.45, 7) is 0. The Hall–Kier alpha value is -1.65. The van der Waals surface area contributed by atoms with Crippen LogP contribution in [0.3, 0.4) is 0 Å². The lowest BCUT2D eigenvalue weighted by Gasteiger charge is -2.36. The van der Waals surface area contributed by atoms with Crippen molar-refractivity contribution in [3.8, 4) is 11.5 Å². The average Bonchev–Trinajstić information content (AvgIpc) is 2.79. The van der Waals surface area contributed by atoms with E-state index in [-0.39, 0.29) is 10.5 Å². The van der Waals surface area contributed by atoms with Gasteiger partial charge in [-0.15, -0.1) is 0 Å². The lowest BCUT2D eigenvalue weighted by Crippen LogP contribution is -2.40. The van der Waals surface area contributed by atoms with E-state index >= 15 is 0 Å². The average molecular weight is 328 g/mol. The SMILES string of the molecule is O=S1C2CCC1CC(O)(c1ccc(Oc3ccccc3)cc1)C2. The normalized spacial score (nSPS) is 32.7. The number of rotatable bonds is 3. The summed E-state index contributed by atoms with van der Waals surface area (Å²) in [5.74, 6) is 1.55. The van der Waals surface area contributed by atoms with Gasteiger partial charge in [0, 0.05) is 21.3 Å². The standard InChI is InChI=1S/C19H20O3S/c20-19(12-17-10-11-18(13-19)23(17)21)14-6-8-16(9-7-14)22-15-4-2-1-3-5-15/h1-9,17-18,20H,10-13H2. The molecule has 0 spiro atoms. The van der Waals surface area contributed by atoms with Crippen molar-refractivity contribution in [2.45, 2.75) is 41.8 Å². The lowest BCUT2D eigenvalue weighted by molar-refractivity contribution is 0.0184. The third kappa shape index (κ3) is 2.81. The summed E-state index contributed by atoms with van der Waals surface area (Å²) in [7, 11) is -0.755. The maximum absolute atomic E-state index is 12.1. The molecule has 0 aliphatic carbocycles. The van der Waals surface area contributed by atoms with Crippen LogP contribution in [0.5, 0.6) is 11.5 Å². The van der Waals surface area contributed by atoms with Gasteiger partial charge in [0.15, 0.2) is 0 Å². The summed E-state index contributed by atoms with van der Waals surface area (Å²) in [5, 5.41) is 11.4. The van der Waals surface area contributed by atoms with Crippen molar-refractivity contribution in [2.24, 2.45) is 0 Å². The molecule has 0 radical (unpaired) electrons. The van der Waals surface area contributed by atoms with Crippen LogP contribution in [0.4, 0.5) is 0 Å². The second-order valence-electron chi connectivity index (χ2n) is 6.53. The number of fused-ring (bicyclic) bond motifs is 2. The van der Waals surface area contributed by atoms with E-state index in [4.69, 9.17) is 4.74 Å². The number of hydrogen-bond donors (Lipinski definition) is 1. The molecular weight excluding hydrogens is 308 g/mol. The molecule has 2 aliphatic heterocycles. The quantitative estimate of drug-likeness (QED) is 0.933. The zero-order valence-corrected chi connectivity index (χ0v) is 13.7. The van der Waals surface area contributed by atoms with E-state index in [1.165, 1.54) is 0 Å². The van der Waals surface area contributed by atoms with Crippen molar-refractivity contribution in [1.82, 2.24) is 0 Å². The molecule has 2 bridgehead atoms. The van der Waals surface area contributed by atoms with Gasteiger partial charge in [-0.3, -0.25) is 4.21 Å². The van der Waals surface area contributed by atoms with E-state index in [9.17, 15) is 9.32 Å². The Labute approximate surface area is 138 Å². The van der Waals surface area contributed by atoms with Crippen LogP contribution < -0.4 is 4.74 Å². The maximum Gasteiger partial charge on any atom is 0.127 e. The van der Waals surface area contributed by atoms with Gasteiger partial charge >= 0.3 is 0 Å². The van der Waals surface area contributed by atoms with Crippen molar-refractivity contribution >= 4 is 10.8 Å². The van der Waals surface area contributed by atoms with Crippen LogP contribution in [0.1, 0.15) is 31.2 Å². The number of para-hydroxylation sites is 1. The van der Waals surface area contributed by atoms with Gasteiger partial charge in [-0.2, -0.15) is 0 Å². The van der Waals surface area contributed by atoms with Gasteiger partial charge in [-0.25, -0.2) is 0 Å². The zero-order valence-electron chi connectivity index (χ0n) is 12.9. The highest BCUT2D eigenvalue weighted by molar-refractivity contribution is 7.86. The molecule has 2 heterocycles. The van der Waals surface area contributed by atoms with Crippen LogP contribution in [0.2, 0.25) is 0 Å². The summed E-state index contributed by atoms with van der Waals surface area (Å²) in [6, 6.07) is 17.3. The molecule has 23 heavy (non-hydrogen) atoms. The maximum atomic E-state index is 12.1. The van der Waals surface area contributed by atoms with E-state index in [0.29, 0.717) is 12.8 Å². The zero-order chi connectivity index (χ0) is 15.9. The molecule has 4 heteroatoms. The minimum absolute atomic E-state index is 0.152. The Morgan fingerprint density at radius 3 is 2.09 bits per heavy atom. The molecule has 4 rings (SSSR count). The largest absolute Gasteiger partial charge is 0.457 e. The van der Waals surface area contributed by atoms with Gasteiger partial charge in [0.05, 0.1) is 5.60 Å². The molecule has 2 aromatic rings. The third-order valence-corrected chi connectivity index (χ3v) is 7.09. The first-order valence-electron chi connectivity index (χ1n) is 8.09. The highest BCUT2D eigenvalue weighted by Gasteiger charge is 2.48. The van der Waals surface area contributed by atoms with E-state index in [0.717, 1.165) is 29.9 Å². The van der Waals surface area contributed by atoms with E-state index in [1.54, 1.807) is 0 Å². The van der Waals surface area contributed by atoms with Gasteiger partial charge in [-0.1, -0.05) is 30.3 Å². The molecule has 120 valence electrons. The molecule has 2 aromatic carbocycles. The van der Waals surface area contributed by atoms with E-state index in [2.05, 4.69) is 0 Å². The Kier molecular flexibility index (Phi) is 3.74. The van der Waals surface area contributed by atoms with E-state index < -0.39 is 16.4 Å². The number of ether oxygens (including phenoxy) is 1. The summed E-state index contributed by atoms with van der Waals surface area (Å²) in [5.41, 5.74) is 0.0666. The number of benzene rings is 2. The second kappa shape index (κ2) is 5.77. The molecule has 2 saturated heterocycles. The van der Waals surface area contributed by atoms with Crippen molar-refractivity contribution in [3.05, 3.63) is 60.2 Å². The van der Waals surface area contributed by atoms with Crippen LogP contribution in [-0.2, 0) is 16.4 Å². The summed E-state index contributed by atoms with van der Waals surface area (Å²) < 4.78 is 17.9. The first-order chi connectivity index (χ1) is 11.1. The summed E-state index contributed by atoms with van der Waals surface area (Å²) in [4.78, 5) is 0. The van der Waals surface area contributed by atoms with Gasteiger partial charge < -0.3 is 9.84 Å². The van der Waals surface area contributed by atoms with Crippen molar-refractivity contribution in [1.29, 1.82) is 0 Å². The van der Waals surface area contributed by atoms with Gasteiger partial charge in [0.2, 0.25) is 0 Å². The number of aliphatic hydroxyl groups is 1. The monoisotopic (exact) mass is 328 g/mol. The second-order valence-corrected chi connectivity index (χ2v) is 8.52. The molecule has 2 atom stereocenters. The first kappa shape index (κ1) is 14.9. The molecular formula is C19H20O3S. The van der Waals surface area contributed by atoms with Gasteiger partial charge in [0.1, 0.15) is 11.5 Å². The van der Waals surface area contributed by atoms with Crippen LogP contribution in [0, 0.1) is 0 Å². The molecule has 2 aliphatic rings. The Balaban J connectivity index is 1.53. The fourth-order valence-electron chi connectivity index (χ4n) is 3.77. The van der Waals surface area contributed by atoms with Gasteiger partial charge in [-0.05, 0) is 55.5 Å². The van der Waals surface area contributed by atoms with Crippen molar-refractivity contribution in [3.63, 3.8) is 0 Å². The molecule has 0 amide bonds.